The largest absolute Gasteiger partial charge is 0.489 e. The van der Waals surface area contributed by atoms with E-state index in [2.05, 4.69) is 48.0 Å². The lowest BCUT2D eigenvalue weighted by molar-refractivity contribution is 0.306. The summed E-state index contributed by atoms with van der Waals surface area (Å²) < 4.78 is 8.08. The van der Waals surface area contributed by atoms with Gasteiger partial charge in [-0.1, -0.05) is 30.3 Å². The first-order valence-corrected chi connectivity index (χ1v) is 6.62. The molecule has 0 fully saturated rings. The molecule has 0 radical (unpaired) electrons. The second-order valence-corrected chi connectivity index (χ2v) is 4.60. The standard InChI is InChI=1S/C17H17NO/c1-2-18-11-10-15-8-9-16(12-17(15)18)19-13-14-6-4-3-5-7-14/h3-12H,2,13H2,1H3. The number of benzene rings is 2. The molecular weight excluding hydrogens is 234 g/mol. The number of ether oxygens (including phenoxy) is 1. The number of aromatic nitrogens is 1. The molecule has 0 N–H and O–H groups in total. The molecule has 0 unspecified atom stereocenters. The first kappa shape index (κ1) is 11.8. The molecule has 0 spiro atoms. The molecule has 1 aromatic heterocycles. The van der Waals surface area contributed by atoms with Crippen LogP contribution in [0.5, 0.6) is 5.75 Å². The van der Waals surface area contributed by atoms with Gasteiger partial charge >= 0.3 is 0 Å². The molecule has 96 valence electrons. The number of nitrogens with zero attached hydrogens (tertiary/aromatic N) is 1. The Balaban J connectivity index is 1.81. The quantitative estimate of drug-likeness (QED) is 0.676. The third kappa shape index (κ3) is 2.48. The second kappa shape index (κ2) is 5.19. The molecule has 0 amide bonds. The molecule has 0 saturated heterocycles. The molecule has 0 aliphatic heterocycles. The summed E-state index contributed by atoms with van der Waals surface area (Å²) in [6.07, 6.45) is 2.12. The summed E-state index contributed by atoms with van der Waals surface area (Å²) in [5, 5.41) is 1.26. The predicted molar refractivity (Wildman–Crippen MR) is 78.4 cm³/mol. The molecule has 1 heterocycles. The van der Waals surface area contributed by atoms with E-state index in [0.29, 0.717) is 6.61 Å². The zero-order valence-electron chi connectivity index (χ0n) is 11.0. The smallest absolute Gasteiger partial charge is 0.121 e. The Morgan fingerprint density at radius 1 is 1.00 bits per heavy atom. The number of hydrogen-bond donors (Lipinski definition) is 0. The molecule has 0 aliphatic rings. The Morgan fingerprint density at radius 2 is 1.84 bits per heavy atom. The predicted octanol–water partition coefficient (Wildman–Crippen LogP) is 4.24. The molecule has 2 nitrogen and oxygen atoms in total. The van der Waals surface area contributed by atoms with Gasteiger partial charge < -0.3 is 9.30 Å². The summed E-state index contributed by atoms with van der Waals surface area (Å²) in [4.78, 5) is 0. The van der Waals surface area contributed by atoms with E-state index in [1.807, 2.05) is 24.3 Å². The fourth-order valence-corrected chi connectivity index (χ4v) is 2.27. The van der Waals surface area contributed by atoms with Gasteiger partial charge in [-0.05, 0) is 36.1 Å². The number of rotatable bonds is 4. The molecule has 2 heteroatoms. The van der Waals surface area contributed by atoms with Crippen LogP contribution in [0.25, 0.3) is 10.9 Å². The van der Waals surface area contributed by atoms with E-state index in [1.165, 1.54) is 16.5 Å². The molecule has 19 heavy (non-hydrogen) atoms. The van der Waals surface area contributed by atoms with Gasteiger partial charge in [0.15, 0.2) is 0 Å². The van der Waals surface area contributed by atoms with Crippen LogP contribution in [0.3, 0.4) is 0 Å². The highest BCUT2D eigenvalue weighted by Gasteiger charge is 2.02. The van der Waals surface area contributed by atoms with Crippen molar-refractivity contribution >= 4 is 10.9 Å². The van der Waals surface area contributed by atoms with E-state index in [4.69, 9.17) is 4.74 Å². The molecule has 3 rings (SSSR count). The van der Waals surface area contributed by atoms with Gasteiger partial charge in [0.2, 0.25) is 0 Å². The van der Waals surface area contributed by atoms with Crippen molar-refractivity contribution in [2.45, 2.75) is 20.1 Å². The zero-order chi connectivity index (χ0) is 13.1. The monoisotopic (exact) mass is 251 g/mol. The SMILES string of the molecule is CCn1ccc2ccc(OCc3ccccc3)cc21. The highest BCUT2D eigenvalue weighted by Crippen LogP contribution is 2.22. The second-order valence-electron chi connectivity index (χ2n) is 4.60. The summed E-state index contributed by atoms with van der Waals surface area (Å²) in [7, 11) is 0. The summed E-state index contributed by atoms with van der Waals surface area (Å²) in [6.45, 7) is 3.74. The average molecular weight is 251 g/mol. The van der Waals surface area contributed by atoms with Crippen LogP contribution < -0.4 is 4.74 Å². The fraction of sp³-hybridized carbons (Fsp3) is 0.176. The lowest BCUT2D eigenvalue weighted by atomic mass is 10.2. The third-order valence-corrected chi connectivity index (χ3v) is 3.33. The lowest BCUT2D eigenvalue weighted by Crippen LogP contribution is -1.96. The molecular formula is C17H17NO. The summed E-state index contributed by atoms with van der Waals surface area (Å²) in [5.74, 6) is 0.921. The highest BCUT2D eigenvalue weighted by atomic mass is 16.5. The Hall–Kier alpha value is -2.22. The van der Waals surface area contributed by atoms with Crippen LogP contribution in [0, 0.1) is 0 Å². The minimum Gasteiger partial charge on any atom is -0.489 e. The number of aryl methyl sites for hydroxylation is 1. The van der Waals surface area contributed by atoms with E-state index in [-0.39, 0.29) is 0 Å². The van der Waals surface area contributed by atoms with Gasteiger partial charge in [0.1, 0.15) is 12.4 Å². The maximum Gasteiger partial charge on any atom is 0.121 e. The minimum atomic E-state index is 0.610. The van der Waals surface area contributed by atoms with Crippen molar-refractivity contribution in [2.75, 3.05) is 0 Å². The van der Waals surface area contributed by atoms with Crippen LogP contribution >= 0.6 is 0 Å². The van der Waals surface area contributed by atoms with E-state index in [1.54, 1.807) is 0 Å². The van der Waals surface area contributed by atoms with Gasteiger partial charge in [-0.2, -0.15) is 0 Å². The van der Waals surface area contributed by atoms with Crippen molar-refractivity contribution in [3.63, 3.8) is 0 Å². The Kier molecular flexibility index (Phi) is 3.23. The average Bonchev–Trinajstić information content (AvgIpc) is 2.88. The third-order valence-electron chi connectivity index (χ3n) is 3.33. The molecule has 3 aromatic rings. The number of fused-ring (bicyclic) bond motifs is 1. The lowest BCUT2D eigenvalue weighted by Gasteiger charge is -2.07. The Bertz CT molecular complexity index is 670. The number of hydrogen-bond acceptors (Lipinski definition) is 1. The van der Waals surface area contributed by atoms with Crippen LogP contribution in [-0.4, -0.2) is 4.57 Å². The van der Waals surface area contributed by atoms with Crippen LogP contribution in [0.4, 0.5) is 0 Å². The Labute approximate surface area is 113 Å². The molecule has 0 aliphatic carbocycles. The van der Waals surface area contributed by atoms with Gasteiger partial charge in [-0.3, -0.25) is 0 Å². The van der Waals surface area contributed by atoms with Crippen LogP contribution in [0.2, 0.25) is 0 Å². The van der Waals surface area contributed by atoms with Gasteiger partial charge in [0.25, 0.3) is 0 Å². The first-order chi connectivity index (χ1) is 9.36. The van der Waals surface area contributed by atoms with Crippen molar-refractivity contribution in [1.82, 2.24) is 4.57 Å². The highest BCUT2D eigenvalue weighted by molar-refractivity contribution is 5.81. The van der Waals surface area contributed by atoms with E-state index in [9.17, 15) is 0 Å². The van der Waals surface area contributed by atoms with Crippen LogP contribution in [0.15, 0.2) is 60.8 Å². The van der Waals surface area contributed by atoms with E-state index >= 15 is 0 Å². The van der Waals surface area contributed by atoms with Gasteiger partial charge in [-0.15, -0.1) is 0 Å². The molecule has 2 aromatic carbocycles. The van der Waals surface area contributed by atoms with Crippen LogP contribution in [0.1, 0.15) is 12.5 Å². The van der Waals surface area contributed by atoms with E-state index in [0.717, 1.165) is 12.3 Å². The minimum absolute atomic E-state index is 0.610. The van der Waals surface area contributed by atoms with Crippen molar-refractivity contribution in [3.8, 4) is 5.75 Å². The molecule has 0 bridgehead atoms. The summed E-state index contributed by atoms with van der Waals surface area (Å²) in [5.41, 5.74) is 2.42. The molecule has 0 atom stereocenters. The topological polar surface area (TPSA) is 14.2 Å². The van der Waals surface area contributed by atoms with Crippen molar-refractivity contribution in [3.05, 3.63) is 66.4 Å². The first-order valence-electron chi connectivity index (χ1n) is 6.62. The molecule has 0 saturated carbocycles. The van der Waals surface area contributed by atoms with Crippen molar-refractivity contribution in [1.29, 1.82) is 0 Å². The van der Waals surface area contributed by atoms with Crippen molar-refractivity contribution < 1.29 is 4.74 Å². The van der Waals surface area contributed by atoms with Gasteiger partial charge in [0, 0.05) is 18.8 Å². The van der Waals surface area contributed by atoms with E-state index < -0.39 is 0 Å². The van der Waals surface area contributed by atoms with Crippen LogP contribution in [-0.2, 0) is 13.2 Å². The summed E-state index contributed by atoms with van der Waals surface area (Å²) >= 11 is 0. The maximum atomic E-state index is 5.86. The fourth-order valence-electron chi connectivity index (χ4n) is 2.27. The van der Waals surface area contributed by atoms with Gasteiger partial charge in [-0.25, -0.2) is 0 Å². The maximum absolute atomic E-state index is 5.86. The normalized spacial score (nSPS) is 10.8. The zero-order valence-corrected chi connectivity index (χ0v) is 11.0. The Morgan fingerprint density at radius 3 is 2.63 bits per heavy atom. The summed E-state index contributed by atoms with van der Waals surface area (Å²) in [6, 6.07) is 18.6. The van der Waals surface area contributed by atoms with Gasteiger partial charge in [0.05, 0.1) is 5.52 Å². The van der Waals surface area contributed by atoms with Crippen molar-refractivity contribution in [2.24, 2.45) is 0 Å².